The molecule has 0 saturated carbocycles. The fraction of sp³-hybridized carbons (Fsp3) is 0.143. The standard InChI is InChI=1S/C14H11BrCl2O2/c1-8(18)13-3-2-11(7-14(13)15)19-12-5-9(16)4-10(17)6-12/h2-8,18H,1H3/t8-/m1/s1. The van der Waals surface area contributed by atoms with Crippen LogP contribution in [0.3, 0.4) is 0 Å². The first kappa shape index (κ1) is 14.7. The fourth-order valence-electron chi connectivity index (χ4n) is 1.63. The second-order valence-corrected chi connectivity index (χ2v) is 5.79. The van der Waals surface area contributed by atoms with Gasteiger partial charge in [0.1, 0.15) is 11.5 Å². The van der Waals surface area contributed by atoms with E-state index in [0.717, 1.165) is 10.0 Å². The van der Waals surface area contributed by atoms with Crippen molar-refractivity contribution in [3.05, 3.63) is 56.5 Å². The summed E-state index contributed by atoms with van der Waals surface area (Å²) in [6.45, 7) is 1.71. The molecule has 0 fully saturated rings. The molecule has 1 atom stereocenters. The third-order valence-corrected chi connectivity index (χ3v) is 3.62. The lowest BCUT2D eigenvalue weighted by Crippen LogP contribution is -1.93. The zero-order chi connectivity index (χ0) is 14.0. The maximum Gasteiger partial charge on any atom is 0.130 e. The molecule has 5 heteroatoms. The molecule has 2 nitrogen and oxygen atoms in total. The van der Waals surface area contributed by atoms with E-state index < -0.39 is 6.10 Å². The maximum absolute atomic E-state index is 9.55. The molecular formula is C14H11BrCl2O2. The Kier molecular flexibility index (Phi) is 4.74. The average molecular weight is 362 g/mol. The number of hydrogen-bond acceptors (Lipinski definition) is 2. The molecule has 0 aromatic heterocycles. The van der Waals surface area contributed by atoms with Gasteiger partial charge in [0.15, 0.2) is 0 Å². The molecular weight excluding hydrogens is 351 g/mol. The van der Waals surface area contributed by atoms with Crippen molar-refractivity contribution in [3.63, 3.8) is 0 Å². The first-order chi connectivity index (χ1) is 8.95. The lowest BCUT2D eigenvalue weighted by Gasteiger charge is -2.11. The third-order valence-electron chi connectivity index (χ3n) is 2.49. The van der Waals surface area contributed by atoms with Crippen LogP contribution in [0.2, 0.25) is 10.0 Å². The number of hydrogen-bond donors (Lipinski definition) is 1. The molecule has 0 heterocycles. The van der Waals surface area contributed by atoms with Gasteiger partial charge in [-0.2, -0.15) is 0 Å². The van der Waals surface area contributed by atoms with Gasteiger partial charge in [-0.3, -0.25) is 0 Å². The van der Waals surface area contributed by atoms with Gasteiger partial charge in [0.25, 0.3) is 0 Å². The number of aliphatic hydroxyl groups excluding tert-OH is 1. The molecule has 2 aromatic carbocycles. The Morgan fingerprint density at radius 1 is 1.05 bits per heavy atom. The molecule has 2 aromatic rings. The minimum Gasteiger partial charge on any atom is -0.457 e. The van der Waals surface area contributed by atoms with Crippen molar-refractivity contribution in [1.29, 1.82) is 0 Å². The van der Waals surface area contributed by atoms with Crippen LogP contribution < -0.4 is 4.74 Å². The van der Waals surface area contributed by atoms with E-state index in [1.807, 2.05) is 0 Å². The maximum atomic E-state index is 9.55. The SMILES string of the molecule is C[C@@H](O)c1ccc(Oc2cc(Cl)cc(Cl)c2)cc1Br. The van der Waals surface area contributed by atoms with Crippen LogP contribution in [0.25, 0.3) is 0 Å². The summed E-state index contributed by atoms with van der Waals surface area (Å²) in [5.74, 6) is 1.20. The first-order valence-corrected chi connectivity index (χ1v) is 7.12. The minimum absolute atomic E-state index is 0.516. The molecule has 2 rings (SSSR count). The van der Waals surface area contributed by atoms with E-state index in [9.17, 15) is 5.11 Å². The zero-order valence-electron chi connectivity index (χ0n) is 10.0. The predicted molar refractivity (Wildman–Crippen MR) is 81.3 cm³/mol. The van der Waals surface area contributed by atoms with E-state index in [-0.39, 0.29) is 0 Å². The number of benzene rings is 2. The van der Waals surface area contributed by atoms with Crippen molar-refractivity contribution in [2.24, 2.45) is 0 Å². The van der Waals surface area contributed by atoms with Crippen LogP contribution >= 0.6 is 39.1 Å². The van der Waals surface area contributed by atoms with Crippen LogP contribution in [0, 0.1) is 0 Å². The van der Waals surface area contributed by atoms with Gasteiger partial charge in [0.05, 0.1) is 6.10 Å². The highest BCUT2D eigenvalue weighted by Crippen LogP contribution is 2.32. The molecule has 19 heavy (non-hydrogen) atoms. The van der Waals surface area contributed by atoms with Crippen LogP contribution in [0.15, 0.2) is 40.9 Å². The lowest BCUT2D eigenvalue weighted by atomic mass is 10.1. The molecule has 0 amide bonds. The highest BCUT2D eigenvalue weighted by atomic mass is 79.9. The van der Waals surface area contributed by atoms with Crippen LogP contribution in [-0.4, -0.2) is 5.11 Å². The number of aliphatic hydroxyl groups is 1. The van der Waals surface area contributed by atoms with Crippen molar-refractivity contribution in [2.75, 3.05) is 0 Å². The molecule has 0 saturated heterocycles. The second-order valence-electron chi connectivity index (χ2n) is 4.07. The van der Waals surface area contributed by atoms with Crippen LogP contribution in [0.4, 0.5) is 0 Å². The number of halogens is 3. The van der Waals surface area contributed by atoms with Gasteiger partial charge in [0, 0.05) is 14.5 Å². The van der Waals surface area contributed by atoms with Crippen molar-refractivity contribution >= 4 is 39.1 Å². The molecule has 0 radical (unpaired) electrons. The van der Waals surface area contributed by atoms with Gasteiger partial charge in [-0.15, -0.1) is 0 Å². The van der Waals surface area contributed by atoms with Crippen molar-refractivity contribution in [1.82, 2.24) is 0 Å². The van der Waals surface area contributed by atoms with E-state index in [1.54, 1.807) is 43.3 Å². The summed E-state index contributed by atoms with van der Waals surface area (Å²) in [4.78, 5) is 0. The largest absolute Gasteiger partial charge is 0.457 e. The molecule has 0 aliphatic carbocycles. The summed E-state index contributed by atoms with van der Waals surface area (Å²) in [7, 11) is 0. The Bertz CT molecular complexity index is 580. The van der Waals surface area contributed by atoms with Gasteiger partial charge in [-0.25, -0.2) is 0 Å². The summed E-state index contributed by atoms with van der Waals surface area (Å²) in [5, 5.41) is 10.6. The van der Waals surface area contributed by atoms with Gasteiger partial charge < -0.3 is 9.84 Å². The zero-order valence-corrected chi connectivity index (χ0v) is 13.1. The van der Waals surface area contributed by atoms with Gasteiger partial charge in [-0.05, 0) is 42.8 Å². The third kappa shape index (κ3) is 3.86. The molecule has 0 spiro atoms. The summed E-state index contributed by atoms with van der Waals surface area (Å²) >= 11 is 15.2. The molecule has 100 valence electrons. The summed E-state index contributed by atoms with van der Waals surface area (Å²) < 4.78 is 6.46. The lowest BCUT2D eigenvalue weighted by molar-refractivity contribution is 0.198. The van der Waals surface area contributed by atoms with E-state index in [1.165, 1.54) is 0 Å². The Labute approximate surface area is 130 Å². The van der Waals surface area contributed by atoms with Crippen molar-refractivity contribution in [2.45, 2.75) is 13.0 Å². The average Bonchev–Trinajstić information content (AvgIpc) is 2.26. The smallest absolute Gasteiger partial charge is 0.130 e. The Balaban J connectivity index is 2.26. The molecule has 0 aliphatic heterocycles. The van der Waals surface area contributed by atoms with Crippen molar-refractivity contribution in [3.8, 4) is 11.5 Å². The summed E-state index contributed by atoms with van der Waals surface area (Å²) in [6, 6.07) is 10.4. The monoisotopic (exact) mass is 360 g/mol. The van der Waals surface area contributed by atoms with Gasteiger partial charge in [0.2, 0.25) is 0 Å². The Morgan fingerprint density at radius 2 is 1.68 bits per heavy atom. The molecule has 0 aliphatic rings. The van der Waals surface area contributed by atoms with Gasteiger partial charge >= 0.3 is 0 Å². The van der Waals surface area contributed by atoms with E-state index >= 15 is 0 Å². The Morgan fingerprint density at radius 3 is 2.21 bits per heavy atom. The summed E-state index contributed by atoms with van der Waals surface area (Å²) in [5.41, 5.74) is 0.802. The van der Waals surface area contributed by atoms with E-state index in [4.69, 9.17) is 27.9 Å². The quantitative estimate of drug-likeness (QED) is 0.770. The van der Waals surface area contributed by atoms with Gasteiger partial charge in [-0.1, -0.05) is 45.2 Å². The Hall–Kier alpha value is -0.740. The topological polar surface area (TPSA) is 29.5 Å². The van der Waals surface area contributed by atoms with Crippen LogP contribution in [-0.2, 0) is 0 Å². The van der Waals surface area contributed by atoms with Crippen molar-refractivity contribution < 1.29 is 9.84 Å². The molecule has 1 N–H and O–H groups in total. The van der Waals surface area contributed by atoms with Crippen LogP contribution in [0.1, 0.15) is 18.6 Å². The number of rotatable bonds is 3. The fourth-order valence-corrected chi connectivity index (χ4v) is 2.83. The van der Waals surface area contributed by atoms with E-state index in [2.05, 4.69) is 15.9 Å². The number of ether oxygens (including phenoxy) is 1. The van der Waals surface area contributed by atoms with E-state index in [0.29, 0.717) is 21.5 Å². The second kappa shape index (κ2) is 6.14. The first-order valence-electron chi connectivity index (χ1n) is 5.57. The summed E-state index contributed by atoms with van der Waals surface area (Å²) in [6.07, 6.45) is -0.538. The van der Waals surface area contributed by atoms with Crippen LogP contribution in [0.5, 0.6) is 11.5 Å². The predicted octanol–water partition coefficient (Wildman–Crippen LogP) is 5.60. The molecule has 0 unspecified atom stereocenters. The highest BCUT2D eigenvalue weighted by molar-refractivity contribution is 9.10. The minimum atomic E-state index is -0.538. The highest BCUT2D eigenvalue weighted by Gasteiger charge is 2.08. The molecule has 0 bridgehead atoms. The normalized spacial score (nSPS) is 12.3.